The fraction of sp³-hybridized carbons (Fsp3) is 0.923. The third kappa shape index (κ3) is 6.01. The number of hydrogen-bond donors (Lipinski definition) is 2. The second-order valence-corrected chi connectivity index (χ2v) is 7.11. The van der Waals surface area contributed by atoms with E-state index in [9.17, 15) is 4.79 Å². The third-order valence-electron chi connectivity index (χ3n) is 3.21. The molecule has 1 heterocycles. The molecule has 1 aliphatic rings. The van der Waals surface area contributed by atoms with Gasteiger partial charge < -0.3 is 15.8 Å². The fourth-order valence-electron chi connectivity index (χ4n) is 2.05. The quantitative estimate of drug-likeness (QED) is 0.798. The average molecular weight is 289 g/mol. The number of amides is 1. The van der Waals surface area contributed by atoms with Crippen LogP contribution < -0.4 is 11.1 Å². The number of thioether (sulfide) groups is 1. The van der Waals surface area contributed by atoms with Crippen LogP contribution in [-0.4, -0.2) is 60.3 Å². The zero-order valence-electron chi connectivity index (χ0n) is 12.4. The van der Waals surface area contributed by atoms with Gasteiger partial charge in [-0.25, -0.2) is 4.79 Å². The lowest BCUT2D eigenvalue weighted by atomic mass is 10.1. The van der Waals surface area contributed by atoms with E-state index in [4.69, 9.17) is 10.5 Å². The first-order valence-electron chi connectivity index (χ1n) is 6.80. The van der Waals surface area contributed by atoms with Crippen LogP contribution in [0.5, 0.6) is 0 Å². The number of likely N-dealkylation sites (N-methyl/N-ethyl adjacent to an activating group) is 1. The molecule has 0 aromatic carbocycles. The van der Waals surface area contributed by atoms with Crippen LogP contribution in [0.3, 0.4) is 0 Å². The minimum absolute atomic E-state index is 0.163. The Kier molecular flexibility index (Phi) is 6.42. The number of nitrogens with one attached hydrogen (secondary N) is 1. The first-order valence-corrected chi connectivity index (χ1v) is 7.95. The van der Waals surface area contributed by atoms with Gasteiger partial charge in [0.2, 0.25) is 0 Å². The van der Waals surface area contributed by atoms with Crippen molar-refractivity contribution in [3.05, 3.63) is 0 Å². The number of nitrogens with two attached hydrogens (primary N) is 1. The van der Waals surface area contributed by atoms with Gasteiger partial charge in [0.25, 0.3) is 0 Å². The Bertz CT molecular complexity index is 288. The van der Waals surface area contributed by atoms with Crippen LogP contribution in [0.2, 0.25) is 0 Å². The smallest absolute Gasteiger partial charge is 0.407 e. The molecule has 6 heteroatoms. The minimum Gasteiger partial charge on any atom is -0.444 e. The maximum atomic E-state index is 11.6. The Hall–Kier alpha value is -0.460. The highest BCUT2D eigenvalue weighted by atomic mass is 32.2. The Labute approximate surface area is 120 Å². The SMILES string of the molecule is CN(C(CN)CNC(=O)OC(C)(C)C)C1CCSC1. The molecule has 19 heavy (non-hydrogen) atoms. The molecule has 1 rings (SSSR count). The molecule has 0 bridgehead atoms. The molecule has 0 saturated carbocycles. The van der Waals surface area contributed by atoms with E-state index in [2.05, 4.69) is 17.3 Å². The molecule has 1 saturated heterocycles. The van der Waals surface area contributed by atoms with Crippen molar-refractivity contribution in [2.75, 3.05) is 31.6 Å². The topological polar surface area (TPSA) is 67.6 Å². The molecule has 2 unspecified atom stereocenters. The van der Waals surface area contributed by atoms with Crippen molar-refractivity contribution in [3.8, 4) is 0 Å². The molecular weight excluding hydrogens is 262 g/mol. The largest absolute Gasteiger partial charge is 0.444 e. The normalized spacial score (nSPS) is 21.5. The van der Waals surface area contributed by atoms with E-state index in [-0.39, 0.29) is 12.1 Å². The summed E-state index contributed by atoms with van der Waals surface area (Å²) in [7, 11) is 2.09. The summed E-state index contributed by atoms with van der Waals surface area (Å²) in [5.74, 6) is 2.37. The number of hydrogen-bond acceptors (Lipinski definition) is 5. The van der Waals surface area contributed by atoms with Crippen LogP contribution in [0.15, 0.2) is 0 Å². The van der Waals surface area contributed by atoms with Gasteiger partial charge in [0.1, 0.15) is 5.60 Å². The highest BCUT2D eigenvalue weighted by Crippen LogP contribution is 2.22. The van der Waals surface area contributed by atoms with Crippen LogP contribution >= 0.6 is 11.8 Å². The summed E-state index contributed by atoms with van der Waals surface area (Å²) in [5, 5.41) is 2.80. The monoisotopic (exact) mass is 289 g/mol. The fourth-order valence-corrected chi connectivity index (χ4v) is 3.33. The summed E-state index contributed by atoms with van der Waals surface area (Å²) in [6, 6.07) is 0.732. The molecule has 1 fully saturated rings. The van der Waals surface area contributed by atoms with Crippen LogP contribution in [0.25, 0.3) is 0 Å². The lowest BCUT2D eigenvalue weighted by Crippen LogP contribution is -2.50. The number of rotatable bonds is 5. The van der Waals surface area contributed by atoms with Crippen molar-refractivity contribution < 1.29 is 9.53 Å². The van der Waals surface area contributed by atoms with Gasteiger partial charge in [-0.3, -0.25) is 4.90 Å². The molecule has 0 aliphatic carbocycles. The first kappa shape index (κ1) is 16.6. The number of alkyl carbamates (subject to hydrolysis) is 1. The van der Waals surface area contributed by atoms with E-state index in [0.29, 0.717) is 19.1 Å². The van der Waals surface area contributed by atoms with E-state index in [1.54, 1.807) is 0 Å². The molecule has 1 amide bonds. The van der Waals surface area contributed by atoms with Gasteiger partial charge in [0.05, 0.1) is 0 Å². The summed E-state index contributed by atoms with van der Waals surface area (Å²) in [6.07, 6.45) is 0.824. The van der Waals surface area contributed by atoms with Crippen LogP contribution in [0.1, 0.15) is 27.2 Å². The van der Waals surface area contributed by atoms with Crippen molar-refractivity contribution in [1.29, 1.82) is 0 Å². The van der Waals surface area contributed by atoms with Crippen LogP contribution in [-0.2, 0) is 4.74 Å². The zero-order chi connectivity index (χ0) is 14.5. The number of nitrogens with zero attached hydrogens (tertiary/aromatic N) is 1. The summed E-state index contributed by atoms with van der Waals surface area (Å²) >= 11 is 1.98. The molecule has 0 spiro atoms. The molecule has 2 atom stereocenters. The Balaban J connectivity index is 2.37. The lowest BCUT2D eigenvalue weighted by molar-refractivity contribution is 0.0507. The van der Waals surface area contributed by atoms with Crippen LogP contribution in [0, 0.1) is 0 Å². The summed E-state index contributed by atoms with van der Waals surface area (Å²) < 4.78 is 5.22. The van der Waals surface area contributed by atoms with E-state index >= 15 is 0 Å². The van der Waals surface area contributed by atoms with Crippen LogP contribution in [0.4, 0.5) is 4.79 Å². The van der Waals surface area contributed by atoms with Gasteiger partial charge in [0, 0.05) is 30.9 Å². The summed E-state index contributed by atoms with van der Waals surface area (Å²) in [6.45, 7) is 6.63. The molecule has 0 aromatic rings. The first-order chi connectivity index (χ1) is 8.83. The van der Waals surface area contributed by atoms with Gasteiger partial charge in [0.15, 0.2) is 0 Å². The van der Waals surface area contributed by atoms with Gasteiger partial charge in [-0.05, 0) is 40.0 Å². The second kappa shape index (κ2) is 7.36. The van der Waals surface area contributed by atoms with E-state index < -0.39 is 5.60 Å². The minimum atomic E-state index is -0.462. The van der Waals surface area contributed by atoms with E-state index in [0.717, 1.165) is 5.75 Å². The molecule has 0 aromatic heterocycles. The van der Waals surface area contributed by atoms with Gasteiger partial charge >= 0.3 is 6.09 Å². The predicted molar refractivity (Wildman–Crippen MR) is 80.6 cm³/mol. The van der Waals surface area contributed by atoms with Gasteiger partial charge in [-0.15, -0.1) is 0 Å². The average Bonchev–Trinajstić information content (AvgIpc) is 2.80. The van der Waals surface area contributed by atoms with Crippen molar-refractivity contribution in [2.45, 2.75) is 44.9 Å². The summed E-state index contributed by atoms with van der Waals surface area (Å²) in [5.41, 5.74) is 5.35. The predicted octanol–water partition coefficient (Wildman–Crippen LogP) is 1.28. The number of carbonyl (C=O) groups is 1. The third-order valence-corrected chi connectivity index (χ3v) is 4.36. The van der Waals surface area contributed by atoms with Crippen molar-refractivity contribution in [1.82, 2.24) is 10.2 Å². The van der Waals surface area contributed by atoms with E-state index in [1.807, 2.05) is 32.5 Å². The Morgan fingerprint density at radius 1 is 1.58 bits per heavy atom. The molecule has 1 aliphatic heterocycles. The lowest BCUT2D eigenvalue weighted by Gasteiger charge is -2.32. The summed E-state index contributed by atoms with van der Waals surface area (Å²) in [4.78, 5) is 13.9. The molecule has 112 valence electrons. The van der Waals surface area contributed by atoms with Gasteiger partial charge in [-0.2, -0.15) is 11.8 Å². The number of carbonyl (C=O) groups excluding carboxylic acids is 1. The van der Waals surface area contributed by atoms with Crippen molar-refractivity contribution in [2.24, 2.45) is 5.73 Å². The Morgan fingerprint density at radius 3 is 2.74 bits per heavy atom. The molecule has 0 radical (unpaired) electrons. The van der Waals surface area contributed by atoms with Gasteiger partial charge in [-0.1, -0.05) is 0 Å². The highest BCUT2D eigenvalue weighted by Gasteiger charge is 2.26. The van der Waals surface area contributed by atoms with E-state index in [1.165, 1.54) is 12.2 Å². The number of ether oxygens (including phenoxy) is 1. The maximum Gasteiger partial charge on any atom is 0.407 e. The molecule has 3 N–H and O–H groups in total. The zero-order valence-corrected chi connectivity index (χ0v) is 13.3. The molecule has 5 nitrogen and oxygen atoms in total. The second-order valence-electron chi connectivity index (χ2n) is 5.96. The van der Waals surface area contributed by atoms with Crippen molar-refractivity contribution in [3.63, 3.8) is 0 Å². The highest BCUT2D eigenvalue weighted by molar-refractivity contribution is 7.99. The molecular formula is C13H27N3O2S. The Morgan fingerprint density at radius 2 is 2.26 bits per heavy atom. The van der Waals surface area contributed by atoms with Crippen molar-refractivity contribution >= 4 is 17.9 Å². The maximum absolute atomic E-state index is 11.6. The standard InChI is InChI=1S/C13H27N3O2S/c1-13(2,3)18-12(17)15-8-11(7-14)16(4)10-5-6-19-9-10/h10-11H,5-9,14H2,1-4H3,(H,15,17).